The number of rotatable bonds is 7. The van der Waals surface area contributed by atoms with Crippen LogP contribution in [0.5, 0.6) is 0 Å². The van der Waals surface area contributed by atoms with Crippen LogP contribution in [0.3, 0.4) is 0 Å². The van der Waals surface area contributed by atoms with Crippen LogP contribution in [0.2, 0.25) is 0 Å². The van der Waals surface area contributed by atoms with Crippen molar-refractivity contribution in [2.45, 2.75) is 90.1 Å². The normalized spacial score (nSPS) is 20.2. The van der Waals surface area contributed by atoms with E-state index in [0.717, 1.165) is 37.7 Å². The van der Waals surface area contributed by atoms with E-state index >= 15 is 0 Å². The number of unbranched alkanes of at least 4 members (excludes halogenated alkanes) is 1. The van der Waals surface area contributed by atoms with E-state index in [1.165, 1.54) is 6.42 Å². The lowest BCUT2D eigenvalue weighted by molar-refractivity contribution is -0.164. The molecule has 2 rings (SSSR count). The zero-order valence-corrected chi connectivity index (χ0v) is 15.9. The van der Waals surface area contributed by atoms with Gasteiger partial charge < -0.3 is 0 Å². The van der Waals surface area contributed by atoms with Crippen molar-refractivity contribution in [3.63, 3.8) is 0 Å². The predicted molar refractivity (Wildman–Crippen MR) is 98.9 cm³/mol. The number of benzene rings is 1. The van der Waals surface area contributed by atoms with Gasteiger partial charge in [-0.25, -0.2) is 0 Å². The van der Waals surface area contributed by atoms with Crippen LogP contribution in [0.4, 0.5) is 13.2 Å². The van der Waals surface area contributed by atoms with Crippen LogP contribution in [-0.4, -0.2) is 6.18 Å². The molecule has 1 aromatic rings. The third-order valence-electron chi connectivity index (χ3n) is 6.14. The maximum atomic E-state index is 13.8. The molecule has 0 nitrogen and oxygen atoms in total. The summed E-state index contributed by atoms with van der Waals surface area (Å²) in [5.41, 5.74) is 1.54. The van der Waals surface area contributed by atoms with Crippen molar-refractivity contribution in [1.29, 1.82) is 0 Å². The van der Waals surface area contributed by atoms with Crippen LogP contribution in [0, 0.1) is 11.8 Å². The molecule has 0 aromatic heterocycles. The van der Waals surface area contributed by atoms with Gasteiger partial charge in [-0.05, 0) is 41.7 Å². The summed E-state index contributed by atoms with van der Waals surface area (Å²) in [5, 5.41) is 0. The van der Waals surface area contributed by atoms with E-state index in [2.05, 4.69) is 20.8 Å². The zero-order chi connectivity index (χ0) is 18.4. The smallest absolute Gasteiger partial charge is 0.170 e. The van der Waals surface area contributed by atoms with Crippen molar-refractivity contribution in [2.75, 3.05) is 0 Å². The molecule has 0 heterocycles. The Morgan fingerprint density at radius 1 is 1.04 bits per heavy atom. The monoisotopic (exact) mass is 354 g/mol. The topological polar surface area (TPSA) is 0 Å². The molecule has 1 saturated carbocycles. The maximum Gasteiger partial charge on any atom is 0.396 e. The van der Waals surface area contributed by atoms with Crippen LogP contribution >= 0.6 is 0 Å². The van der Waals surface area contributed by atoms with Gasteiger partial charge in [0, 0.05) is 0 Å². The lowest BCUT2D eigenvalue weighted by atomic mass is 9.75. The molecule has 25 heavy (non-hydrogen) atoms. The minimum atomic E-state index is -4.16. The molecular formula is C22H33F3. The Morgan fingerprint density at radius 3 is 2.28 bits per heavy atom. The molecule has 3 unspecified atom stereocenters. The summed E-state index contributed by atoms with van der Waals surface area (Å²) in [6.07, 6.45) is 3.67. The highest BCUT2D eigenvalue weighted by Crippen LogP contribution is 2.46. The first-order valence-corrected chi connectivity index (χ1v) is 10.0. The van der Waals surface area contributed by atoms with Crippen LogP contribution in [0.1, 0.15) is 95.1 Å². The first-order valence-electron chi connectivity index (χ1n) is 10.0. The largest absolute Gasteiger partial charge is 0.396 e. The number of alkyl halides is 3. The lowest BCUT2D eigenvalue weighted by Gasteiger charge is -2.32. The van der Waals surface area contributed by atoms with Gasteiger partial charge in [0.2, 0.25) is 0 Å². The van der Waals surface area contributed by atoms with Gasteiger partial charge >= 0.3 is 6.18 Å². The van der Waals surface area contributed by atoms with Gasteiger partial charge in [-0.15, -0.1) is 0 Å². The Hall–Kier alpha value is -0.990. The summed E-state index contributed by atoms with van der Waals surface area (Å²) in [5.74, 6) is -0.760. The third-order valence-corrected chi connectivity index (χ3v) is 6.14. The van der Waals surface area contributed by atoms with Gasteiger partial charge in [-0.1, -0.05) is 83.6 Å². The van der Waals surface area contributed by atoms with E-state index in [4.69, 9.17) is 0 Å². The fourth-order valence-corrected chi connectivity index (χ4v) is 4.34. The molecule has 142 valence electrons. The van der Waals surface area contributed by atoms with E-state index in [-0.39, 0.29) is 5.92 Å². The standard InChI is InChI=1S/C22H33F3/c1-4-5-10-16(2)17(3)19-13-9-14-20(15-19)21(22(23,24)25)18-11-7-6-8-12-18/h9,13-18,21H,4-8,10-12H2,1-3H3. The SMILES string of the molecule is CCCCC(C)C(C)c1cccc(C(C2CCCCC2)C(F)(F)F)c1. The summed E-state index contributed by atoms with van der Waals surface area (Å²) in [7, 11) is 0. The Morgan fingerprint density at radius 2 is 1.68 bits per heavy atom. The second kappa shape index (κ2) is 9.09. The second-order valence-corrected chi connectivity index (χ2v) is 8.00. The van der Waals surface area contributed by atoms with E-state index in [0.29, 0.717) is 30.2 Å². The third kappa shape index (κ3) is 5.49. The molecule has 0 spiro atoms. The molecule has 1 fully saturated rings. The lowest BCUT2D eigenvalue weighted by Crippen LogP contribution is -2.29. The molecule has 0 bridgehead atoms. The molecule has 1 aliphatic carbocycles. The van der Waals surface area contributed by atoms with E-state index in [1.807, 2.05) is 18.2 Å². The predicted octanol–water partition coefficient (Wildman–Crippen LogP) is 7.84. The summed E-state index contributed by atoms with van der Waals surface area (Å²) in [4.78, 5) is 0. The fourth-order valence-electron chi connectivity index (χ4n) is 4.34. The van der Waals surface area contributed by atoms with Crippen LogP contribution in [-0.2, 0) is 0 Å². The van der Waals surface area contributed by atoms with Gasteiger partial charge in [-0.3, -0.25) is 0 Å². The van der Waals surface area contributed by atoms with Gasteiger partial charge in [0.25, 0.3) is 0 Å². The maximum absolute atomic E-state index is 13.8. The highest BCUT2D eigenvalue weighted by molar-refractivity contribution is 5.30. The number of hydrogen-bond acceptors (Lipinski definition) is 0. The molecule has 0 N–H and O–H groups in total. The molecule has 1 aromatic carbocycles. The van der Waals surface area contributed by atoms with Gasteiger partial charge in [0.1, 0.15) is 0 Å². The summed E-state index contributed by atoms with van der Waals surface area (Å²) >= 11 is 0. The molecule has 3 atom stereocenters. The first kappa shape index (κ1) is 20.3. The van der Waals surface area contributed by atoms with Crippen molar-refractivity contribution in [3.8, 4) is 0 Å². The Bertz CT molecular complexity index is 514. The molecule has 0 aliphatic heterocycles. The van der Waals surface area contributed by atoms with E-state index < -0.39 is 12.1 Å². The average molecular weight is 355 g/mol. The van der Waals surface area contributed by atoms with E-state index in [9.17, 15) is 13.2 Å². The summed E-state index contributed by atoms with van der Waals surface area (Å²) < 4.78 is 41.5. The first-order chi connectivity index (χ1) is 11.8. The minimum absolute atomic E-state index is 0.253. The average Bonchev–Trinajstić information content (AvgIpc) is 2.59. The Balaban J connectivity index is 2.24. The fraction of sp³-hybridized carbons (Fsp3) is 0.727. The van der Waals surface area contributed by atoms with E-state index in [1.54, 1.807) is 6.07 Å². The Labute approximate surface area is 151 Å². The van der Waals surface area contributed by atoms with Crippen molar-refractivity contribution >= 4 is 0 Å². The van der Waals surface area contributed by atoms with Gasteiger partial charge in [0.05, 0.1) is 5.92 Å². The summed E-state index contributed by atoms with van der Waals surface area (Å²) in [6, 6.07) is 7.37. The van der Waals surface area contributed by atoms with Crippen LogP contribution in [0.15, 0.2) is 24.3 Å². The van der Waals surface area contributed by atoms with Crippen molar-refractivity contribution in [1.82, 2.24) is 0 Å². The summed E-state index contributed by atoms with van der Waals surface area (Å²) in [6.45, 7) is 6.55. The Kier molecular flexibility index (Phi) is 7.39. The second-order valence-electron chi connectivity index (χ2n) is 8.00. The highest BCUT2D eigenvalue weighted by Gasteiger charge is 2.45. The molecule has 3 heteroatoms. The zero-order valence-electron chi connectivity index (χ0n) is 15.9. The number of halogens is 3. The quantitative estimate of drug-likeness (QED) is 0.468. The van der Waals surface area contributed by atoms with Crippen molar-refractivity contribution in [3.05, 3.63) is 35.4 Å². The molecule has 0 saturated heterocycles. The van der Waals surface area contributed by atoms with Crippen molar-refractivity contribution in [2.24, 2.45) is 11.8 Å². The molecular weight excluding hydrogens is 321 g/mol. The highest BCUT2D eigenvalue weighted by atomic mass is 19.4. The van der Waals surface area contributed by atoms with Crippen molar-refractivity contribution < 1.29 is 13.2 Å². The molecule has 0 amide bonds. The molecule has 0 radical (unpaired) electrons. The van der Waals surface area contributed by atoms with Crippen LogP contribution in [0.25, 0.3) is 0 Å². The van der Waals surface area contributed by atoms with Gasteiger partial charge in [0.15, 0.2) is 0 Å². The molecule has 1 aliphatic rings. The van der Waals surface area contributed by atoms with Gasteiger partial charge in [-0.2, -0.15) is 13.2 Å². The minimum Gasteiger partial charge on any atom is -0.170 e. The number of hydrogen-bond donors (Lipinski definition) is 0. The van der Waals surface area contributed by atoms with Crippen LogP contribution < -0.4 is 0 Å².